The first-order valence-corrected chi connectivity index (χ1v) is 5.01. The van der Waals surface area contributed by atoms with E-state index in [4.69, 9.17) is 11.6 Å². The number of nitrogens with zero attached hydrogens (tertiary/aromatic N) is 1. The molecule has 0 aliphatic heterocycles. The number of nitrogens with one attached hydrogen (secondary N) is 1. The summed E-state index contributed by atoms with van der Waals surface area (Å²) in [7, 11) is 0. The predicted octanol–water partition coefficient (Wildman–Crippen LogP) is 2.55. The van der Waals surface area contributed by atoms with Crippen LogP contribution in [0.4, 0.5) is 5.69 Å². The molecule has 1 aromatic heterocycles. The number of hydrogen-bond acceptors (Lipinski definition) is 3. The van der Waals surface area contributed by atoms with E-state index in [-0.39, 0.29) is 11.7 Å². The molecule has 2 N–H and O–H groups in total. The highest BCUT2D eigenvalue weighted by Crippen LogP contribution is 2.33. The van der Waals surface area contributed by atoms with Gasteiger partial charge in [0.15, 0.2) is 5.75 Å². The van der Waals surface area contributed by atoms with Gasteiger partial charge in [-0.15, -0.1) is 0 Å². The third kappa shape index (κ3) is 1.79. The number of carbonyl (C=O) groups is 1. The van der Waals surface area contributed by atoms with Crippen molar-refractivity contribution in [3.8, 4) is 5.75 Å². The number of carbonyl (C=O) groups excluding carboxylic acids is 1. The molecule has 0 atom stereocenters. The van der Waals surface area contributed by atoms with Crippen LogP contribution < -0.4 is 5.32 Å². The minimum Gasteiger partial charge on any atom is -0.504 e. The number of aromatic hydroxyl groups is 1. The van der Waals surface area contributed by atoms with Crippen LogP contribution in [0.1, 0.15) is 6.92 Å². The molecule has 0 bridgehead atoms. The number of phenols is 1. The van der Waals surface area contributed by atoms with Crippen molar-refractivity contribution in [1.82, 2.24) is 4.98 Å². The number of fused-ring (bicyclic) bond motifs is 1. The number of phenolic OH excluding ortho intramolecular Hbond substituents is 1. The van der Waals surface area contributed by atoms with Crippen molar-refractivity contribution in [2.24, 2.45) is 0 Å². The molecule has 1 heterocycles. The molecule has 1 amide bonds. The third-order valence-electron chi connectivity index (χ3n) is 2.14. The molecule has 0 spiro atoms. The van der Waals surface area contributed by atoms with E-state index >= 15 is 0 Å². The van der Waals surface area contributed by atoms with E-state index in [1.165, 1.54) is 13.1 Å². The SMILES string of the molecule is CC(=O)Nc1ccc2c(Cl)ccnc2c1O. The first-order valence-electron chi connectivity index (χ1n) is 4.63. The normalized spacial score (nSPS) is 10.4. The number of rotatable bonds is 1. The van der Waals surface area contributed by atoms with Gasteiger partial charge in [0.2, 0.25) is 5.91 Å². The molecule has 5 heteroatoms. The van der Waals surface area contributed by atoms with Crippen LogP contribution in [-0.2, 0) is 4.79 Å². The Morgan fingerprint density at radius 1 is 1.44 bits per heavy atom. The molecule has 0 aliphatic rings. The van der Waals surface area contributed by atoms with Gasteiger partial charge in [-0.2, -0.15) is 0 Å². The average molecular weight is 237 g/mol. The second kappa shape index (κ2) is 3.98. The molecular weight excluding hydrogens is 228 g/mol. The van der Waals surface area contributed by atoms with Gasteiger partial charge in [0.25, 0.3) is 0 Å². The van der Waals surface area contributed by atoms with Crippen molar-refractivity contribution in [3.05, 3.63) is 29.4 Å². The van der Waals surface area contributed by atoms with Crippen molar-refractivity contribution < 1.29 is 9.90 Å². The number of benzene rings is 1. The maximum atomic E-state index is 10.9. The summed E-state index contributed by atoms with van der Waals surface area (Å²) in [5, 5.41) is 13.6. The Bertz CT molecular complexity index is 569. The molecule has 16 heavy (non-hydrogen) atoms. The average Bonchev–Trinajstić information content (AvgIpc) is 2.23. The van der Waals surface area contributed by atoms with Crippen LogP contribution in [0.3, 0.4) is 0 Å². The Labute approximate surface area is 96.9 Å². The Hall–Kier alpha value is -1.81. The van der Waals surface area contributed by atoms with Crippen molar-refractivity contribution >= 4 is 34.1 Å². The van der Waals surface area contributed by atoms with Crippen molar-refractivity contribution in [2.75, 3.05) is 5.32 Å². The topological polar surface area (TPSA) is 62.2 Å². The van der Waals surface area contributed by atoms with E-state index in [0.29, 0.717) is 21.6 Å². The van der Waals surface area contributed by atoms with Crippen molar-refractivity contribution in [1.29, 1.82) is 0 Å². The zero-order valence-electron chi connectivity index (χ0n) is 8.49. The molecule has 0 radical (unpaired) electrons. The summed E-state index contributed by atoms with van der Waals surface area (Å²) in [4.78, 5) is 14.9. The van der Waals surface area contributed by atoms with Crippen molar-refractivity contribution in [2.45, 2.75) is 6.92 Å². The molecule has 1 aromatic carbocycles. The number of hydrogen-bond donors (Lipinski definition) is 2. The number of halogens is 1. The fourth-order valence-corrected chi connectivity index (χ4v) is 1.67. The zero-order chi connectivity index (χ0) is 11.7. The highest BCUT2D eigenvalue weighted by atomic mass is 35.5. The lowest BCUT2D eigenvalue weighted by Crippen LogP contribution is -2.05. The van der Waals surface area contributed by atoms with Gasteiger partial charge in [-0.1, -0.05) is 11.6 Å². The third-order valence-corrected chi connectivity index (χ3v) is 2.47. The van der Waals surface area contributed by atoms with E-state index in [2.05, 4.69) is 10.3 Å². The number of amides is 1. The van der Waals surface area contributed by atoms with Gasteiger partial charge in [-0.3, -0.25) is 9.78 Å². The monoisotopic (exact) mass is 236 g/mol. The summed E-state index contributed by atoms with van der Waals surface area (Å²) in [6.07, 6.45) is 1.50. The number of pyridine rings is 1. The van der Waals surface area contributed by atoms with Crippen LogP contribution >= 0.6 is 11.6 Å². The summed E-state index contributed by atoms with van der Waals surface area (Å²) in [6, 6.07) is 4.93. The lowest BCUT2D eigenvalue weighted by Gasteiger charge is -2.08. The van der Waals surface area contributed by atoms with Crippen LogP contribution in [0, 0.1) is 0 Å². The molecule has 82 valence electrons. The van der Waals surface area contributed by atoms with E-state index < -0.39 is 0 Å². The Kier molecular flexibility index (Phi) is 2.66. The predicted molar refractivity (Wildman–Crippen MR) is 62.7 cm³/mol. The molecule has 0 saturated heterocycles. The fraction of sp³-hybridized carbons (Fsp3) is 0.0909. The second-order valence-electron chi connectivity index (χ2n) is 3.33. The Morgan fingerprint density at radius 3 is 2.88 bits per heavy atom. The van der Waals surface area contributed by atoms with Gasteiger partial charge in [-0.25, -0.2) is 0 Å². The van der Waals surface area contributed by atoms with Crippen LogP contribution in [0.2, 0.25) is 5.02 Å². The van der Waals surface area contributed by atoms with Gasteiger partial charge < -0.3 is 10.4 Å². The summed E-state index contributed by atoms with van der Waals surface area (Å²) in [5.74, 6) is -0.327. The van der Waals surface area contributed by atoms with Gasteiger partial charge in [-0.05, 0) is 18.2 Å². The minimum absolute atomic E-state index is 0.0739. The quantitative estimate of drug-likeness (QED) is 0.748. The van der Waals surface area contributed by atoms with E-state index in [1.807, 2.05) is 0 Å². The van der Waals surface area contributed by atoms with Gasteiger partial charge in [0, 0.05) is 18.5 Å². The van der Waals surface area contributed by atoms with Gasteiger partial charge in [0.05, 0.1) is 10.7 Å². The fourth-order valence-electron chi connectivity index (χ4n) is 1.46. The molecule has 0 unspecified atom stereocenters. The van der Waals surface area contributed by atoms with Crippen LogP contribution in [0.25, 0.3) is 10.9 Å². The summed E-state index contributed by atoms with van der Waals surface area (Å²) >= 11 is 5.95. The molecule has 0 fully saturated rings. The van der Waals surface area contributed by atoms with Crippen LogP contribution in [0.15, 0.2) is 24.4 Å². The highest BCUT2D eigenvalue weighted by molar-refractivity contribution is 6.35. The smallest absolute Gasteiger partial charge is 0.221 e. The largest absolute Gasteiger partial charge is 0.504 e. The first kappa shape index (κ1) is 10.7. The number of anilines is 1. The molecule has 2 aromatic rings. The van der Waals surface area contributed by atoms with E-state index in [0.717, 1.165) is 0 Å². The molecule has 0 saturated carbocycles. The first-order chi connectivity index (χ1) is 7.59. The highest BCUT2D eigenvalue weighted by Gasteiger charge is 2.10. The summed E-state index contributed by atoms with van der Waals surface area (Å²) in [6.45, 7) is 1.37. The Morgan fingerprint density at radius 2 is 2.19 bits per heavy atom. The standard InChI is InChI=1S/C11H9ClN2O2/c1-6(15)14-9-3-2-7-8(12)4-5-13-10(7)11(9)16/h2-5,16H,1H3,(H,14,15). The lowest BCUT2D eigenvalue weighted by atomic mass is 10.2. The maximum Gasteiger partial charge on any atom is 0.221 e. The van der Waals surface area contributed by atoms with Gasteiger partial charge in [0.1, 0.15) is 5.52 Å². The minimum atomic E-state index is -0.253. The lowest BCUT2D eigenvalue weighted by molar-refractivity contribution is -0.114. The van der Waals surface area contributed by atoms with E-state index in [1.54, 1.807) is 18.2 Å². The maximum absolute atomic E-state index is 10.9. The molecule has 4 nitrogen and oxygen atoms in total. The zero-order valence-corrected chi connectivity index (χ0v) is 9.25. The summed E-state index contributed by atoms with van der Waals surface area (Å²) < 4.78 is 0. The molecule has 2 rings (SSSR count). The van der Waals surface area contributed by atoms with Crippen molar-refractivity contribution in [3.63, 3.8) is 0 Å². The summed E-state index contributed by atoms with van der Waals surface area (Å²) in [5.41, 5.74) is 0.702. The van der Waals surface area contributed by atoms with Gasteiger partial charge >= 0.3 is 0 Å². The van der Waals surface area contributed by atoms with Crippen LogP contribution in [0.5, 0.6) is 5.75 Å². The molecular formula is C11H9ClN2O2. The molecule has 0 aliphatic carbocycles. The van der Waals surface area contributed by atoms with Crippen LogP contribution in [-0.4, -0.2) is 16.0 Å². The second-order valence-corrected chi connectivity index (χ2v) is 3.74. The number of aromatic nitrogens is 1. The Balaban J connectivity index is 2.65. The van der Waals surface area contributed by atoms with E-state index in [9.17, 15) is 9.90 Å².